The Kier molecular flexibility index (Phi) is 4.16. The van der Waals surface area contributed by atoms with Crippen molar-refractivity contribution in [1.82, 2.24) is 4.90 Å². The molecule has 1 unspecified atom stereocenters. The maximum absolute atomic E-state index is 11.8. The number of benzene rings is 3. The highest BCUT2D eigenvalue weighted by Gasteiger charge is 2.36. The van der Waals surface area contributed by atoms with Gasteiger partial charge in [-0.05, 0) is 29.3 Å². The van der Waals surface area contributed by atoms with Crippen LogP contribution in [0.1, 0.15) is 28.3 Å². The van der Waals surface area contributed by atoms with Crippen molar-refractivity contribution >= 4 is 0 Å². The molecule has 0 aromatic heterocycles. The summed E-state index contributed by atoms with van der Waals surface area (Å²) in [7, 11) is 2.14. The van der Waals surface area contributed by atoms with Gasteiger partial charge in [0.05, 0.1) is 0 Å². The molecular formula is C23H23NO. The first-order valence-electron chi connectivity index (χ1n) is 8.80. The van der Waals surface area contributed by atoms with Gasteiger partial charge in [0.1, 0.15) is 5.60 Å². The lowest BCUT2D eigenvalue weighted by atomic mass is 9.80. The molecule has 0 saturated carbocycles. The van der Waals surface area contributed by atoms with Crippen LogP contribution >= 0.6 is 0 Å². The van der Waals surface area contributed by atoms with Crippen LogP contribution in [0.25, 0.3) is 0 Å². The second-order valence-electron chi connectivity index (χ2n) is 6.92. The van der Waals surface area contributed by atoms with Crippen LogP contribution in [0.5, 0.6) is 0 Å². The van der Waals surface area contributed by atoms with Crippen LogP contribution in [-0.2, 0) is 12.0 Å². The molecule has 1 N–H and O–H groups in total. The molecule has 4 rings (SSSR count). The summed E-state index contributed by atoms with van der Waals surface area (Å²) in [5, 5.41) is 11.8. The zero-order chi connectivity index (χ0) is 17.3. The lowest BCUT2D eigenvalue weighted by Gasteiger charge is -2.30. The molecule has 0 radical (unpaired) electrons. The van der Waals surface area contributed by atoms with E-state index >= 15 is 0 Å². The van der Waals surface area contributed by atoms with Crippen molar-refractivity contribution in [3.05, 3.63) is 107 Å². The van der Waals surface area contributed by atoms with E-state index < -0.39 is 5.60 Å². The molecule has 25 heavy (non-hydrogen) atoms. The van der Waals surface area contributed by atoms with Crippen molar-refractivity contribution in [2.75, 3.05) is 13.6 Å². The van der Waals surface area contributed by atoms with Crippen LogP contribution in [-0.4, -0.2) is 23.6 Å². The second kappa shape index (κ2) is 6.47. The van der Waals surface area contributed by atoms with Gasteiger partial charge in [0, 0.05) is 19.0 Å². The maximum atomic E-state index is 11.8. The van der Waals surface area contributed by atoms with Crippen LogP contribution in [0, 0.1) is 0 Å². The van der Waals surface area contributed by atoms with Gasteiger partial charge in [-0.15, -0.1) is 0 Å². The maximum Gasteiger partial charge on any atom is 0.119 e. The minimum atomic E-state index is -1.04. The Labute approximate surface area is 149 Å². The Balaban J connectivity index is 1.79. The van der Waals surface area contributed by atoms with E-state index in [1.54, 1.807) is 0 Å². The Morgan fingerprint density at radius 1 is 0.840 bits per heavy atom. The van der Waals surface area contributed by atoms with Crippen molar-refractivity contribution in [1.29, 1.82) is 0 Å². The summed E-state index contributed by atoms with van der Waals surface area (Å²) < 4.78 is 0. The minimum absolute atomic E-state index is 0.479. The lowest BCUT2D eigenvalue weighted by Crippen LogP contribution is -2.30. The highest BCUT2D eigenvalue weighted by molar-refractivity contribution is 5.41. The fourth-order valence-electron chi connectivity index (χ4n) is 3.66. The van der Waals surface area contributed by atoms with E-state index in [1.807, 2.05) is 60.7 Å². The predicted octanol–water partition coefficient (Wildman–Crippen LogP) is 4.15. The van der Waals surface area contributed by atoms with Gasteiger partial charge in [-0.3, -0.25) is 4.90 Å². The topological polar surface area (TPSA) is 23.2 Å². The summed E-state index contributed by atoms with van der Waals surface area (Å²) in [5.74, 6) is 0. The molecule has 2 heteroatoms. The van der Waals surface area contributed by atoms with Crippen molar-refractivity contribution in [2.45, 2.75) is 18.1 Å². The molecule has 1 aliphatic rings. The van der Waals surface area contributed by atoms with Gasteiger partial charge in [-0.1, -0.05) is 84.9 Å². The van der Waals surface area contributed by atoms with Gasteiger partial charge in [-0.2, -0.15) is 0 Å². The molecular weight excluding hydrogens is 306 g/mol. The third-order valence-corrected chi connectivity index (χ3v) is 5.22. The monoisotopic (exact) mass is 329 g/mol. The first-order chi connectivity index (χ1) is 12.2. The number of hydrogen-bond donors (Lipinski definition) is 1. The normalized spacial score (nSPS) is 19.6. The molecule has 1 heterocycles. The first kappa shape index (κ1) is 16.1. The van der Waals surface area contributed by atoms with Gasteiger partial charge < -0.3 is 5.11 Å². The molecule has 2 atom stereocenters. The number of hydrogen-bond acceptors (Lipinski definition) is 2. The van der Waals surface area contributed by atoms with E-state index in [9.17, 15) is 5.11 Å². The summed E-state index contributed by atoms with van der Waals surface area (Å²) in [6, 6.07) is 29.0. The summed E-state index contributed by atoms with van der Waals surface area (Å²) >= 11 is 0. The quantitative estimate of drug-likeness (QED) is 0.711. The Morgan fingerprint density at radius 3 is 1.84 bits per heavy atom. The highest BCUT2D eigenvalue weighted by atomic mass is 16.3. The number of nitrogens with zero attached hydrogens (tertiary/aromatic N) is 1. The van der Waals surface area contributed by atoms with Gasteiger partial charge in [0.25, 0.3) is 0 Å². The third kappa shape index (κ3) is 3.11. The first-order valence-corrected chi connectivity index (χ1v) is 8.80. The Bertz CT molecular complexity index is 805. The van der Waals surface area contributed by atoms with E-state index in [0.29, 0.717) is 12.5 Å². The standard InChI is InChI=1S/C23H23NO/c1-24-17-22(24)21-15-9-8-10-18(21)16-23(25,19-11-4-2-5-12-19)20-13-6-3-7-14-20/h2-15,22,25H,16-17H2,1H3/t22-,24?/m1/s1. The molecule has 3 aromatic carbocycles. The molecule has 1 saturated heterocycles. The molecule has 1 fully saturated rings. The number of rotatable bonds is 5. The Morgan fingerprint density at radius 2 is 1.32 bits per heavy atom. The predicted molar refractivity (Wildman–Crippen MR) is 101 cm³/mol. The fraction of sp³-hybridized carbons (Fsp3) is 0.217. The SMILES string of the molecule is CN1C[C@@H]1c1ccccc1CC(O)(c1ccccc1)c1ccccc1. The van der Waals surface area contributed by atoms with Gasteiger partial charge in [-0.25, -0.2) is 0 Å². The molecule has 0 amide bonds. The van der Waals surface area contributed by atoms with Gasteiger partial charge in [0.15, 0.2) is 0 Å². The molecule has 0 aliphatic carbocycles. The summed E-state index contributed by atoms with van der Waals surface area (Å²) in [5.41, 5.74) is 3.37. The van der Waals surface area contributed by atoms with Crippen LogP contribution in [0.15, 0.2) is 84.9 Å². The van der Waals surface area contributed by atoms with Crippen molar-refractivity contribution < 1.29 is 5.11 Å². The molecule has 2 nitrogen and oxygen atoms in total. The van der Waals surface area contributed by atoms with Crippen molar-refractivity contribution in [3.63, 3.8) is 0 Å². The van der Waals surface area contributed by atoms with E-state index in [1.165, 1.54) is 11.1 Å². The minimum Gasteiger partial charge on any atom is -0.380 e. The number of likely N-dealkylation sites (N-methyl/N-ethyl adjacent to an activating group) is 1. The average Bonchev–Trinajstić information content (AvgIpc) is 3.40. The highest BCUT2D eigenvalue weighted by Crippen LogP contribution is 2.39. The smallest absolute Gasteiger partial charge is 0.119 e. The number of aliphatic hydroxyl groups is 1. The van der Waals surface area contributed by atoms with Gasteiger partial charge >= 0.3 is 0 Å². The lowest BCUT2D eigenvalue weighted by molar-refractivity contribution is 0.0808. The van der Waals surface area contributed by atoms with Crippen LogP contribution in [0.2, 0.25) is 0 Å². The third-order valence-electron chi connectivity index (χ3n) is 5.22. The average molecular weight is 329 g/mol. The Hall–Kier alpha value is -2.42. The van der Waals surface area contributed by atoms with Crippen molar-refractivity contribution in [2.24, 2.45) is 0 Å². The van der Waals surface area contributed by atoms with Crippen LogP contribution < -0.4 is 0 Å². The molecule has 0 bridgehead atoms. The largest absolute Gasteiger partial charge is 0.380 e. The van der Waals surface area contributed by atoms with Crippen molar-refractivity contribution in [3.8, 4) is 0 Å². The summed E-state index contributed by atoms with van der Waals surface area (Å²) in [4.78, 5) is 2.32. The summed E-state index contributed by atoms with van der Waals surface area (Å²) in [6.45, 7) is 1.09. The zero-order valence-electron chi connectivity index (χ0n) is 14.5. The second-order valence-corrected chi connectivity index (χ2v) is 6.92. The van der Waals surface area contributed by atoms with Crippen LogP contribution in [0.4, 0.5) is 0 Å². The van der Waals surface area contributed by atoms with E-state index in [0.717, 1.165) is 17.7 Å². The van der Waals surface area contributed by atoms with E-state index in [-0.39, 0.29) is 0 Å². The van der Waals surface area contributed by atoms with Gasteiger partial charge in [0.2, 0.25) is 0 Å². The molecule has 1 aliphatic heterocycles. The molecule has 0 spiro atoms. The zero-order valence-corrected chi connectivity index (χ0v) is 14.5. The van der Waals surface area contributed by atoms with Crippen LogP contribution in [0.3, 0.4) is 0 Å². The summed E-state index contributed by atoms with van der Waals surface area (Å²) in [6.07, 6.45) is 0.571. The molecule has 3 aromatic rings. The fourth-order valence-corrected chi connectivity index (χ4v) is 3.66. The van der Waals surface area contributed by atoms with E-state index in [2.05, 4.69) is 36.2 Å². The van der Waals surface area contributed by atoms with E-state index in [4.69, 9.17) is 0 Å². The molecule has 126 valence electrons.